The summed E-state index contributed by atoms with van der Waals surface area (Å²) in [6.07, 6.45) is 1.68. The van der Waals surface area contributed by atoms with Crippen molar-refractivity contribution in [1.29, 1.82) is 0 Å². The van der Waals surface area contributed by atoms with E-state index in [1.807, 2.05) is 6.07 Å². The smallest absolute Gasteiger partial charge is 0.176 e. The molecule has 21 heavy (non-hydrogen) atoms. The van der Waals surface area contributed by atoms with E-state index in [0.29, 0.717) is 6.42 Å². The average molecular weight is 289 g/mol. The summed E-state index contributed by atoms with van der Waals surface area (Å²) in [6.45, 7) is 0.924. The molecule has 1 N–H and O–H groups in total. The SMILES string of the molecule is COc1cc2c(cc1OC)C(Cc1nnn(C)n1)NCC2. The number of ether oxygens (including phenoxy) is 2. The first-order chi connectivity index (χ1) is 10.2. The Morgan fingerprint density at radius 1 is 1.29 bits per heavy atom. The second-order valence-electron chi connectivity index (χ2n) is 5.06. The van der Waals surface area contributed by atoms with Crippen molar-refractivity contribution in [2.75, 3.05) is 20.8 Å². The van der Waals surface area contributed by atoms with Gasteiger partial charge in [0.15, 0.2) is 17.3 Å². The number of hydrogen-bond donors (Lipinski definition) is 1. The molecular weight excluding hydrogens is 270 g/mol. The highest BCUT2D eigenvalue weighted by atomic mass is 16.5. The van der Waals surface area contributed by atoms with Crippen LogP contribution in [0.4, 0.5) is 0 Å². The molecule has 1 aliphatic heterocycles. The highest BCUT2D eigenvalue weighted by Crippen LogP contribution is 2.35. The Morgan fingerprint density at radius 2 is 2.05 bits per heavy atom. The summed E-state index contributed by atoms with van der Waals surface area (Å²) >= 11 is 0. The first-order valence-electron chi connectivity index (χ1n) is 6.92. The zero-order valence-electron chi connectivity index (χ0n) is 12.5. The number of tetrazole rings is 1. The maximum atomic E-state index is 5.40. The fourth-order valence-electron chi connectivity index (χ4n) is 2.74. The van der Waals surface area contributed by atoms with Crippen molar-refractivity contribution in [2.45, 2.75) is 18.9 Å². The second-order valence-corrected chi connectivity index (χ2v) is 5.06. The van der Waals surface area contributed by atoms with E-state index in [0.717, 1.165) is 30.3 Å². The summed E-state index contributed by atoms with van der Waals surface area (Å²) in [6, 6.07) is 4.27. The van der Waals surface area contributed by atoms with Crippen LogP contribution < -0.4 is 14.8 Å². The summed E-state index contributed by atoms with van der Waals surface area (Å²) in [5.74, 6) is 2.25. The lowest BCUT2D eigenvalue weighted by Gasteiger charge is -2.27. The van der Waals surface area contributed by atoms with Gasteiger partial charge in [-0.3, -0.25) is 0 Å². The van der Waals surface area contributed by atoms with Gasteiger partial charge in [0.1, 0.15) is 0 Å². The molecule has 0 aliphatic carbocycles. The van der Waals surface area contributed by atoms with Crippen molar-refractivity contribution >= 4 is 0 Å². The lowest BCUT2D eigenvalue weighted by atomic mass is 9.91. The number of methoxy groups -OCH3 is 2. The van der Waals surface area contributed by atoms with Crippen LogP contribution in [0.3, 0.4) is 0 Å². The minimum Gasteiger partial charge on any atom is -0.493 e. The van der Waals surface area contributed by atoms with Gasteiger partial charge >= 0.3 is 0 Å². The molecule has 0 amide bonds. The molecule has 0 radical (unpaired) electrons. The van der Waals surface area contributed by atoms with Crippen LogP contribution in [0.5, 0.6) is 11.5 Å². The van der Waals surface area contributed by atoms with Gasteiger partial charge in [0.25, 0.3) is 0 Å². The third kappa shape index (κ3) is 2.69. The van der Waals surface area contributed by atoms with Crippen LogP contribution in [0.15, 0.2) is 12.1 Å². The summed E-state index contributed by atoms with van der Waals surface area (Å²) < 4.78 is 10.8. The van der Waals surface area contributed by atoms with Gasteiger partial charge in [0.2, 0.25) is 0 Å². The number of hydrogen-bond acceptors (Lipinski definition) is 6. The monoisotopic (exact) mass is 289 g/mol. The van der Waals surface area contributed by atoms with Crippen molar-refractivity contribution in [3.8, 4) is 11.5 Å². The Balaban J connectivity index is 1.93. The number of aromatic nitrogens is 4. The van der Waals surface area contributed by atoms with Gasteiger partial charge in [-0.1, -0.05) is 0 Å². The lowest BCUT2D eigenvalue weighted by molar-refractivity contribution is 0.352. The van der Waals surface area contributed by atoms with E-state index >= 15 is 0 Å². The third-order valence-electron chi connectivity index (χ3n) is 3.74. The highest BCUT2D eigenvalue weighted by molar-refractivity contribution is 5.49. The normalized spacial score (nSPS) is 17.4. The topological polar surface area (TPSA) is 74.1 Å². The minimum atomic E-state index is 0.165. The molecular formula is C14H19N5O2. The largest absolute Gasteiger partial charge is 0.493 e. The van der Waals surface area contributed by atoms with Crippen molar-refractivity contribution in [1.82, 2.24) is 25.5 Å². The molecule has 0 fully saturated rings. The van der Waals surface area contributed by atoms with Crippen LogP contribution in [0, 0.1) is 0 Å². The van der Waals surface area contributed by atoms with Crippen LogP contribution in [-0.4, -0.2) is 41.0 Å². The maximum absolute atomic E-state index is 5.40. The van der Waals surface area contributed by atoms with E-state index in [2.05, 4.69) is 26.8 Å². The maximum Gasteiger partial charge on any atom is 0.176 e. The summed E-state index contributed by atoms with van der Waals surface area (Å²) in [4.78, 5) is 1.48. The molecule has 1 aromatic heterocycles. The standard InChI is InChI=1S/C14H19N5O2/c1-19-17-14(16-18-19)8-11-10-7-13(21-3)12(20-2)6-9(10)4-5-15-11/h6-7,11,15H,4-5,8H2,1-3H3. The summed E-state index contributed by atoms with van der Waals surface area (Å²) in [5, 5.41) is 15.7. The molecule has 1 aromatic carbocycles. The van der Waals surface area contributed by atoms with E-state index in [4.69, 9.17) is 9.47 Å². The minimum absolute atomic E-state index is 0.165. The number of rotatable bonds is 4. The number of benzene rings is 1. The van der Waals surface area contributed by atoms with E-state index < -0.39 is 0 Å². The molecule has 2 aromatic rings. The highest BCUT2D eigenvalue weighted by Gasteiger charge is 2.24. The molecule has 3 rings (SSSR count). The zero-order valence-corrected chi connectivity index (χ0v) is 12.5. The predicted octanol–water partition coefficient (Wildman–Crippen LogP) is 0.657. The number of aryl methyl sites for hydroxylation is 1. The molecule has 7 nitrogen and oxygen atoms in total. The summed E-state index contributed by atoms with van der Waals surface area (Å²) in [7, 11) is 5.08. The molecule has 112 valence electrons. The quantitative estimate of drug-likeness (QED) is 0.891. The first kappa shape index (κ1) is 13.8. The molecule has 0 saturated heterocycles. The Labute approximate surface area is 123 Å². The second kappa shape index (κ2) is 5.69. The molecule has 0 saturated carbocycles. The van der Waals surface area contributed by atoms with Crippen LogP contribution in [0.1, 0.15) is 23.0 Å². The molecule has 0 spiro atoms. The number of nitrogens with zero attached hydrogens (tertiary/aromatic N) is 4. The van der Waals surface area contributed by atoms with Gasteiger partial charge in [-0.05, 0) is 41.4 Å². The fraction of sp³-hybridized carbons (Fsp3) is 0.500. The van der Waals surface area contributed by atoms with Crippen LogP contribution in [0.25, 0.3) is 0 Å². The Kier molecular flexibility index (Phi) is 3.74. The third-order valence-corrected chi connectivity index (χ3v) is 3.74. The molecule has 0 bridgehead atoms. The van der Waals surface area contributed by atoms with Crippen molar-refractivity contribution in [3.63, 3.8) is 0 Å². The van der Waals surface area contributed by atoms with Gasteiger partial charge in [-0.25, -0.2) is 0 Å². The van der Waals surface area contributed by atoms with Gasteiger partial charge < -0.3 is 14.8 Å². The van der Waals surface area contributed by atoms with Crippen molar-refractivity contribution in [2.24, 2.45) is 7.05 Å². The molecule has 1 atom stereocenters. The van der Waals surface area contributed by atoms with Crippen molar-refractivity contribution < 1.29 is 9.47 Å². The lowest BCUT2D eigenvalue weighted by Crippen LogP contribution is -2.31. The fourth-order valence-corrected chi connectivity index (χ4v) is 2.74. The molecule has 1 aliphatic rings. The summed E-state index contributed by atoms with van der Waals surface area (Å²) in [5.41, 5.74) is 2.49. The van der Waals surface area contributed by atoms with Crippen LogP contribution in [-0.2, 0) is 19.9 Å². The van der Waals surface area contributed by atoms with Crippen LogP contribution in [0.2, 0.25) is 0 Å². The van der Waals surface area contributed by atoms with Gasteiger partial charge in [0, 0.05) is 12.5 Å². The van der Waals surface area contributed by atoms with Gasteiger partial charge in [-0.15, -0.1) is 10.2 Å². The number of nitrogens with one attached hydrogen (secondary N) is 1. The zero-order chi connectivity index (χ0) is 14.8. The van der Waals surface area contributed by atoms with Crippen molar-refractivity contribution in [3.05, 3.63) is 29.1 Å². The van der Waals surface area contributed by atoms with Gasteiger partial charge in [0.05, 0.1) is 21.3 Å². The number of fused-ring (bicyclic) bond motifs is 1. The Bertz CT molecular complexity index is 640. The first-order valence-corrected chi connectivity index (χ1v) is 6.92. The van der Waals surface area contributed by atoms with E-state index in [9.17, 15) is 0 Å². The Morgan fingerprint density at radius 3 is 2.71 bits per heavy atom. The van der Waals surface area contributed by atoms with Crippen LogP contribution >= 0.6 is 0 Å². The molecule has 2 heterocycles. The molecule has 1 unspecified atom stereocenters. The Hall–Kier alpha value is -2.15. The van der Waals surface area contributed by atoms with Gasteiger partial charge in [-0.2, -0.15) is 4.80 Å². The predicted molar refractivity (Wildman–Crippen MR) is 76.5 cm³/mol. The van der Waals surface area contributed by atoms with E-state index in [-0.39, 0.29) is 6.04 Å². The van der Waals surface area contributed by atoms with E-state index in [1.54, 1.807) is 21.3 Å². The average Bonchev–Trinajstić information content (AvgIpc) is 2.91. The molecule has 7 heteroatoms. The van der Waals surface area contributed by atoms with E-state index in [1.165, 1.54) is 15.9 Å².